The van der Waals surface area contributed by atoms with Gasteiger partial charge in [0.1, 0.15) is 5.82 Å². The van der Waals surface area contributed by atoms with E-state index in [9.17, 15) is 4.79 Å². The van der Waals surface area contributed by atoms with Gasteiger partial charge in [-0.15, -0.1) is 0 Å². The van der Waals surface area contributed by atoms with Gasteiger partial charge in [0.15, 0.2) is 0 Å². The summed E-state index contributed by atoms with van der Waals surface area (Å²) in [4.78, 5) is 19.5. The van der Waals surface area contributed by atoms with Gasteiger partial charge in [-0.3, -0.25) is 0 Å². The molecule has 4 nitrogen and oxygen atoms in total. The molecule has 0 aliphatic rings. The molecule has 0 fully saturated rings. The van der Waals surface area contributed by atoms with Gasteiger partial charge in [0, 0.05) is 0 Å². The third-order valence-corrected chi connectivity index (χ3v) is 2.98. The van der Waals surface area contributed by atoms with E-state index in [4.69, 9.17) is 4.74 Å². The number of imidazole rings is 1. The van der Waals surface area contributed by atoms with E-state index < -0.39 is 0 Å². The van der Waals surface area contributed by atoms with Crippen LogP contribution < -0.4 is 0 Å². The predicted molar refractivity (Wildman–Crippen MR) is 70.8 cm³/mol. The lowest BCUT2D eigenvalue weighted by atomic mass is 10.1. The number of fused-ring (bicyclic) bond motifs is 1. The Morgan fingerprint density at radius 2 is 2.17 bits per heavy atom. The number of nitrogens with one attached hydrogen (secondary N) is 1. The van der Waals surface area contributed by atoms with Crippen molar-refractivity contribution in [1.29, 1.82) is 0 Å². The number of carbonyl (C=O) groups excluding carboxylic acids is 1. The van der Waals surface area contributed by atoms with E-state index >= 15 is 0 Å². The molecule has 96 valence electrons. The predicted octanol–water partition coefficient (Wildman–Crippen LogP) is 3.14. The van der Waals surface area contributed by atoms with Crippen LogP contribution in [-0.4, -0.2) is 22.5 Å². The highest BCUT2D eigenvalue weighted by molar-refractivity contribution is 5.96. The lowest BCUT2D eigenvalue weighted by molar-refractivity contribution is 0.0499. The SMILES string of the molecule is CCCCOC(=O)c1ccc2[nH]c(C)nc2c1C. The Kier molecular flexibility index (Phi) is 3.65. The molecule has 1 aromatic heterocycles. The molecule has 0 aliphatic heterocycles. The minimum Gasteiger partial charge on any atom is -0.462 e. The zero-order valence-corrected chi connectivity index (χ0v) is 11.0. The molecule has 18 heavy (non-hydrogen) atoms. The van der Waals surface area contributed by atoms with Crippen LogP contribution in [-0.2, 0) is 4.74 Å². The molecule has 2 rings (SSSR count). The van der Waals surface area contributed by atoms with Gasteiger partial charge in [-0.2, -0.15) is 0 Å². The zero-order valence-electron chi connectivity index (χ0n) is 11.0. The van der Waals surface area contributed by atoms with E-state index in [1.807, 2.05) is 19.9 Å². The van der Waals surface area contributed by atoms with Crippen molar-refractivity contribution in [2.45, 2.75) is 33.6 Å². The summed E-state index contributed by atoms with van der Waals surface area (Å²) in [5, 5.41) is 0. The van der Waals surface area contributed by atoms with Crippen molar-refractivity contribution in [1.82, 2.24) is 9.97 Å². The first kappa shape index (κ1) is 12.6. The second-order valence-electron chi connectivity index (χ2n) is 4.45. The summed E-state index contributed by atoms with van der Waals surface area (Å²) in [5.41, 5.74) is 3.27. The molecule has 0 radical (unpaired) electrons. The van der Waals surface area contributed by atoms with Crippen molar-refractivity contribution in [2.75, 3.05) is 6.61 Å². The maximum absolute atomic E-state index is 11.9. The van der Waals surface area contributed by atoms with E-state index in [1.54, 1.807) is 6.07 Å². The number of H-pyrrole nitrogens is 1. The van der Waals surface area contributed by atoms with E-state index in [0.717, 1.165) is 35.3 Å². The molecule has 1 N–H and O–H groups in total. The fourth-order valence-corrected chi connectivity index (χ4v) is 1.94. The van der Waals surface area contributed by atoms with E-state index in [-0.39, 0.29) is 5.97 Å². The summed E-state index contributed by atoms with van der Waals surface area (Å²) in [6.07, 6.45) is 1.92. The number of carbonyl (C=O) groups is 1. The van der Waals surface area contributed by atoms with Gasteiger partial charge in [0.05, 0.1) is 23.2 Å². The van der Waals surface area contributed by atoms with Gasteiger partial charge < -0.3 is 9.72 Å². The highest BCUT2D eigenvalue weighted by Crippen LogP contribution is 2.20. The van der Waals surface area contributed by atoms with Crippen molar-refractivity contribution in [3.63, 3.8) is 0 Å². The second-order valence-corrected chi connectivity index (χ2v) is 4.45. The summed E-state index contributed by atoms with van der Waals surface area (Å²) in [5.74, 6) is 0.591. The molecule has 0 unspecified atom stereocenters. The first-order valence-corrected chi connectivity index (χ1v) is 6.26. The van der Waals surface area contributed by atoms with Crippen LogP contribution in [0.3, 0.4) is 0 Å². The summed E-state index contributed by atoms with van der Waals surface area (Å²) < 4.78 is 5.23. The average molecular weight is 246 g/mol. The molecule has 0 amide bonds. The highest BCUT2D eigenvalue weighted by atomic mass is 16.5. The molecule has 0 aliphatic carbocycles. The van der Waals surface area contributed by atoms with Gasteiger partial charge in [0.2, 0.25) is 0 Å². The second kappa shape index (κ2) is 5.21. The van der Waals surface area contributed by atoms with Crippen LogP contribution in [0.2, 0.25) is 0 Å². The highest BCUT2D eigenvalue weighted by Gasteiger charge is 2.14. The molecule has 0 spiro atoms. The first-order chi connectivity index (χ1) is 8.63. The Balaban J connectivity index is 2.28. The van der Waals surface area contributed by atoms with Gasteiger partial charge in [0.25, 0.3) is 0 Å². The molecule has 1 heterocycles. The van der Waals surface area contributed by atoms with Gasteiger partial charge >= 0.3 is 5.97 Å². The Bertz CT molecular complexity index is 572. The number of esters is 1. The van der Waals surface area contributed by atoms with Crippen LogP contribution in [0.25, 0.3) is 11.0 Å². The van der Waals surface area contributed by atoms with Crippen molar-refractivity contribution < 1.29 is 9.53 Å². The maximum atomic E-state index is 11.9. The van der Waals surface area contributed by atoms with Crippen molar-refractivity contribution in [3.05, 3.63) is 29.1 Å². The largest absolute Gasteiger partial charge is 0.462 e. The van der Waals surface area contributed by atoms with Gasteiger partial charge in [-0.05, 0) is 38.0 Å². The minimum atomic E-state index is -0.261. The fourth-order valence-electron chi connectivity index (χ4n) is 1.94. The zero-order chi connectivity index (χ0) is 13.1. The number of ether oxygens (including phenoxy) is 1. The molecular formula is C14H18N2O2. The molecule has 4 heteroatoms. The number of rotatable bonds is 4. The van der Waals surface area contributed by atoms with Crippen LogP contribution in [0.5, 0.6) is 0 Å². The van der Waals surface area contributed by atoms with Crippen LogP contribution in [0.15, 0.2) is 12.1 Å². The van der Waals surface area contributed by atoms with Gasteiger partial charge in [-0.25, -0.2) is 9.78 Å². The van der Waals surface area contributed by atoms with Crippen molar-refractivity contribution >= 4 is 17.0 Å². The molecule has 0 atom stereocenters. The number of hydrogen-bond donors (Lipinski definition) is 1. The standard InChI is InChI=1S/C14H18N2O2/c1-4-5-8-18-14(17)11-6-7-12-13(9(11)2)16-10(3)15-12/h6-7H,4-5,8H2,1-3H3,(H,15,16). The number of benzene rings is 1. The van der Waals surface area contributed by atoms with Crippen molar-refractivity contribution in [3.8, 4) is 0 Å². The lowest BCUT2D eigenvalue weighted by Gasteiger charge is -2.06. The smallest absolute Gasteiger partial charge is 0.338 e. The summed E-state index contributed by atoms with van der Waals surface area (Å²) in [7, 11) is 0. The third kappa shape index (κ3) is 2.37. The minimum absolute atomic E-state index is 0.261. The normalized spacial score (nSPS) is 10.8. The average Bonchev–Trinajstić information content (AvgIpc) is 2.71. The number of aromatic amines is 1. The molecule has 0 saturated carbocycles. The van der Waals surface area contributed by atoms with E-state index in [2.05, 4.69) is 16.9 Å². The van der Waals surface area contributed by atoms with Crippen LogP contribution in [0.1, 0.15) is 41.5 Å². The lowest BCUT2D eigenvalue weighted by Crippen LogP contribution is -2.08. The summed E-state index contributed by atoms with van der Waals surface area (Å²) in [6, 6.07) is 3.67. The number of unbranched alkanes of at least 4 members (excludes halogenated alkanes) is 1. The summed E-state index contributed by atoms with van der Waals surface area (Å²) in [6.45, 7) is 6.35. The topological polar surface area (TPSA) is 55.0 Å². The van der Waals surface area contributed by atoms with E-state index in [1.165, 1.54) is 0 Å². The number of aryl methyl sites for hydroxylation is 2. The Morgan fingerprint density at radius 1 is 1.39 bits per heavy atom. The van der Waals surface area contributed by atoms with Gasteiger partial charge in [-0.1, -0.05) is 13.3 Å². The third-order valence-electron chi connectivity index (χ3n) is 2.98. The maximum Gasteiger partial charge on any atom is 0.338 e. The van der Waals surface area contributed by atoms with Crippen LogP contribution in [0.4, 0.5) is 0 Å². The quantitative estimate of drug-likeness (QED) is 0.666. The Hall–Kier alpha value is -1.84. The van der Waals surface area contributed by atoms with E-state index in [0.29, 0.717) is 12.2 Å². The first-order valence-electron chi connectivity index (χ1n) is 6.26. The van der Waals surface area contributed by atoms with Crippen LogP contribution >= 0.6 is 0 Å². The Labute approximate surface area is 106 Å². The fraction of sp³-hybridized carbons (Fsp3) is 0.429. The molecule has 0 bridgehead atoms. The monoisotopic (exact) mass is 246 g/mol. The Morgan fingerprint density at radius 3 is 2.89 bits per heavy atom. The summed E-state index contributed by atoms with van der Waals surface area (Å²) >= 11 is 0. The molecule has 0 saturated heterocycles. The number of hydrogen-bond acceptors (Lipinski definition) is 3. The van der Waals surface area contributed by atoms with Crippen LogP contribution in [0, 0.1) is 13.8 Å². The molecule has 2 aromatic rings. The number of aromatic nitrogens is 2. The number of nitrogens with zero attached hydrogens (tertiary/aromatic N) is 1. The molecular weight excluding hydrogens is 228 g/mol. The molecule has 1 aromatic carbocycles. The van der Waals surface area contributed by atoms with Crippen molar-refractivity contribution in [2.24, 2.45) is 0 Å².